The van der Waals surface area contributed by atoms with Crippen LogP contribution in [0.1, 0.15) is 15.9 Å². The molecule has 27 heavy (non-hydrogen) atoms. The molecule has 0 saturated carbocycles. The van der Waals surface area contributed by atoms with E-state index in [0.717, 1.165) is 16.9 Å². The minimum atomic E-state index is -0.197. The maximum atomic E-state index is 12.3. The van der Waals surface area contributed by atoms with E-state index in [4.69, 9.17) is 9.47 Å². The number of amides is 1. The molecular weight excluding hydrogens is 342 g/mol. The predicted octanol–water partition coefficient (Wildman–Crippen LogP) is 4.40. The van der Waals surface area contributed by atoms with Gasteiger partial charge in [-0.2, -0.15) is 0 Å². The number of anilines is 3. The van der Waals surface area contributed by atoms with Crippen molar-refractivity contribution < 1.29 is 14.3 Å². The number of rotatable bonds is 6. The number of hydrogen-bond acceptors (Lipinski definition) is 5. The summed E-state index contributed by atoms with van der Waals surface area (Å²) < 4.78 is 10.6. The van der Waals surface area contributed by atoms with Crippen LogP contribution < -0.4 is 20.1 Å². The molecule has 2 aromatic carbocycles. The van der Waals surface area contributed by atoms with Crippen LogP contribution in [0, 0.1) is 6.92 Å². The molecule has 0 fully saturated rings. The molecule has 0 aliphatic rings. The lowest BCUT2D eigenvalue weighted by molar-refractivity contribution is 0.102. The van der Waals surface area contributed by atoms with Gasteiger partial charge in [0.25, 0.3) is 5.91 Å². The van der Waals surface area contributed by atoms with Crippen LogP contribution in [-0.2, 0) is 0 Å². The molecule has 3 rings (SSSR count). The van der Waals surface area contributed by atoms with E-state index in [1.807, 2.05) is 43.3 Å². The van der Waals surface area contributed by atoms with Crippen molar-refractivity contribution in [1.82, 2.24) is 4.98 Å². The maximum Gasteiger partial charge on any atom is 0.256 e. The van der Waals surface area contributed by atoms with Crippen LogP contribution in [0.3, 0.4) is 0 Å². The molecule has 3 aromatic rings. The molecular formula is C21H21N3O3. The minimum Gasteiger partial charge on any atom is -0.497 e. The van der Waals surface area contributed by atoms with Crippen molar-refractivity contribution in [3.05, 3.63) is 71.9 Å². The first-order valence-electron chi connectivity index (χ1n) is 8.42. The molecule has 1 amide bonds. The van der Waals surface area contributed by atoms with Gasteiger partial charge in [-0.25, -0.2) is 4.98 Å². The second-order valence-corrected chi connectivity index (χ2v) is 5.94. The van der Waals surface area contributed by atoms with Gasteiger partial charge in [-0.1, -0.05) is 17.7 Å². The molecule has 138 valence electrons. The zero-order valence-corrected chi connectivity index (χ0v) is 15.4. The van der Waals surface area contributed by atoms with Crippen molar-refractivity contribution in [2.75, 3.05) is 24.9 Å². The summed E-state index contributed by atoms with van der Waals surface area (Å²) in [6, 6.07) is 16.4. The van der Waals surface area contributed by atoms with E-state index < -0.39 is 0 Å². The van der Waals surface area contributed by atoms with Gasteiger partial charge in [0, 0.05) is 11.6 Å². The fourth-order valence-electron chi connectivity index (χ4n) is 2.50. The zero-order chi connectivity index (χ0) is 19.2. The van der Waals surface area contributed by atoms with Crippen LogP contribution in [0.2, 0.25) is 0 Å². The lowest BCUT2D eigenvalue weighted by Crippen LogP contribution is -2.12. The molecule has 1 heterocycles. The van der Waals surface area contributed by atoms with E-state index in [1.165, 1.54) is 0 Å². The molecule has 0 spiro atoms. The lowest BCUT2D eigenvalue weighted by Gasteiger charge is -2.13. The summed E-state index contributed by atoms with van der Waals surface area (Å²) in [6.45, 7) is 1.98. The number of hydrogen-bond donors (Lipinski definition) is 2. The van der Waals surface area contributed by atoms with Crippen molar-refractivity contribution in [3.8, 4) is 11.5 Å². The second-order valence-electron chi connectivity index (χ2n) is 5.94. The molecule has 1 aromatic heterocycles. The SMILES string of the molecule is COc1ccc(OC)c(Nc2ccc(NC(=O)c3ccc(C)cc3)nc2)c1. The quantitative estimate of drug-likeness (QED) is 0.679. The average Bonchev–Trinajstić information content (AvgIpc) is 2.70. The summed E-state index contributed by atoms with van der Waals surface area (Å²) >= 11 is 0. The van der Waals surface area contributed by atoms with Crippen LogP contribution in [0.25, 0.3) is 0 Å². The number of nitrogens with one attached hydrogen (secondary N) is 2. The average molecular weight is 363 g/mol. The Labute approximate surface area is 158 Å². The van der Waals surface area contributed by atoms with E-state index in [1.54, 1.807) is 38.6 Å². The molecule has 0 radical (unpaired) electrons. The summed E-state index contributed by atoms with van der Waals surface area (Å²) in [5.41, 5.74) is 3.21. The molecule has 0 unspecified atom stereocenters. The van der Waals surface area contributed by atoms with Gasteiger partial charge < -0.3 is 20.1 Å². The van der Waals surface area contributed by atoms with E-state index in [-0.39, 0.29) is 5.91 Å². The number of pyridine rings is 1. The first-order chi connectivity index (χ1) is 13.1. The Kier molecular flexibility index (Phi) is 5.56. The summed E-state index contributed by atoms with van der Waals surface area (Å²) in [5.74, 6) is 1.68. The van der Waals surface area contributed by atoms with Gasteiger partial charge >= 0.3 is 0 Å². The zero-order valence-electron chi connectivity index (χ0n) is 15.4. The molecule has 6 heteroatoms. The van der Waals surface area contributed by atoms with Crippen LogP contribution in [0.5, 0.6) is 11.5 Å². The number of benzene rings is 2. The van der Waals surface area contributed by atoms with Gasteiger partial charge in [0.1, 0.15) is 17.3 Å². The maximum absolute atomic E-state index is 12.3. The largest absolute Gasteiger partial charge is 0.497 e. The minimum absolute atomic E-state index is 0.197. The Morgan fingerprint density at radius 3 is 2.37 bits per heavy atom. The molecule has 0 aliphatic heterocycles. The van der Waals surface area contributed by atoms with Crippen molar-refractivity contribution in [2.45, 2.75) is 6.92 Å². The van der Waals surface area contributed by atoms with Gasteiger partial charge in [-0.3, -0.25) is 4.79 Å². The Bertz CT molecular complexity index is 922. The first kappa shape index (κ1) is 18.3. The third kappa shape index (κ3) is 4.55. The van der Waals surface area contributed by atoms with Gasteiger partial charge in [-0.15, -0.1) is 0 Å². The summed E-state index contributed by atoms with van der Waals surface area (Å²) in [4.78, 5) is 16.5. The number of methoxy groups -OCH3 is 2. The summed E-state index contributed by atoms with van der Waals surface area (Å²) in [7, 11) is 3.22. The van der Waals surface area contributed by atoms with Gasteiger partial charge in [-0.05, 0) is 43.3 Å². The molecule has 0 aliphatic carbocycles. The van der Waals surface area contributed by atoms with Crippen molar-refractivity contribution in [1.29, 1.82) is 0 Å². The molecule has 6 nitrogen and oxygen atoms in total. The Hall–Kier alpha value is -3.54. The second kappa shape index (κ2) is 8.23. The standard InChI is InChI=1S/C21H21N3O3/c1-14-4-6-15(7-5-14)21(25)24-20-11-8-16(13-22-20)23-18-12-17(26-2)9-10-19(18)27-3/h4-13,23H,1-3H3,(H,22,24,25). The van der Waals surface area contributed by atoms with Crippen LogP contribution in [0.4, 0.5) is 17.2 Å². The topological polar surface area (TPSA) is 72.5 Å². The highest BCUT2D eigenvalue weighted by Gasteiger charge is 2.08. The number of carbonyl (C=O) groups is 1. The summed E-state index contributed by atoms with van der Waals surface area (Å²) in [6.07, 6.45) is 1.64. The number of aryl methyl sites for hydroxylation is 1. The predicted molar refractivity (Wildman–Crippen MR) is 106 cm³/mol. The fourth-order valence-corrected chi connectivity index (χ4v) is 2.50. The molecule has 0 atom stereocenters. The number of ether oxygens (including phenoxy) is 2. The lowest BCUT2D eigenvalue weighted by atomic mass is 10.1. The van der Waals surface area contributed by atoms with E-state index in [0.29, 0.717) is 22.9 Å². The van der Waals surface area contributed by atoms with Gasteiger partial charge in [0.2, 0.25) is 0 Å². The summed E-state index contributed by atoms with van der Waals surface area (Å²) in [5, 5.41) is 6.02. The normalized spacial score (nSPS) is 10.2. The Morgan fingerprint density at radius 2 is 1.74 bits per heavy atom. The van der Waals surface area contributed by atoms with Crippen LogP contribution in [-0.4, -0.2) is 25.1 Å². The van der Waals surface area contributed by atoms with Gasteiger partial charge in [0.15, 0.2) is 0 Å². The van der Waals surface area contributed by atoms with Crippen molar-refractivity contribution in [3.63, 3.8) is 0 Å². The van der Waals surface area contributed by atoms with Crippen molar-refractivity contribution >= 4 is 23.1 Å². The van der Waals surface area contributed by atoms with E-state index in [2.05, 4.69) is 15.6 Å². The van der Waals surface area contributed by atoms with E-state index >= 15 is 0 Å². The molecule has 0 saturated heterocycles. The number of aromatic nitrogens is 1. The highest BCUT2D eigenvalue weighted by molar-refractivity contribution is 6.03. The van der Waals surface area contributed by atoms with Crippen LogP contribution in [0.15, 0.2) is 60.8 Å². The smallest absolute Gasteiger partial charge is 0.256 e. The third-order valence-electron chi connectivity index (χ3n) is 4.00. The Morgan fingerprint density at radius 1 is 0.963 bits per heavy atom. The number of nitrogens with zero attached hydrogens (tertiary/aromatic N) is 1. The highest BCUT2D eigenvalue weighted by atomic mass is 16.5. The van der Waals surface area contributed by atoms with Gasteiger partial charge in [0.05, 0.1) is 31.8 Å². The highest BCUT2D eigenvalue weighted by Crippen LogP contribution is 2.31. The fraction of sp³-hybridized carbons (Fsp3) is 0.143. The monoisotopic (exact) mass is 363 g/mol. The first-order valence-corrected chi connectivity index (χ1v) is 8.42. The number of carbonyl (C=O) groups excluding carboxylic acids is 1. The van der Waals surface area contributed by atoms with Crippen molar-refractivity contribution in [2.24, 2.45) is 0 Å². The molecule has 0 bridgehead atoms. The Balaban J connectivity index is 1.70. The van der Waals surface area contributed by atoms with E-state index in [9.17, 15) is 4.79 Å². The van der Waals surface area contributed by atoms with Crippen LogP contribution >= 0.6 is 0 Å². The molecule has 2 N–H and O–H groups in total. The third-order valence-corrected chi connectivity index (χ3v) is 4.00.